The van der Waals surface area contributed by atoms with Crippen molar-refractivity contribution in [2.75, 3.05) is 17.2 Å². The molecule has 0 unspecified atom stereocenters. The zero-order valence-corrected chi connectivity index (χ0v) is 14.4. The highest BCUT2D eigenvalue weighted by Crippen LogP contribution is 2.31. The molecule has 1 saturated heterocycles. The molecule has 3 aromatic rings. The van der Waals surface area contributed by atoms with Crippen LogP contribution in [0.2, 0.25) is 0 Å². The number of nitrogen functional groups attached to an aromatic ring is 1. The fourth-order valence-corrected chi connectivity index (χ4v) is 3.51. The van der Waals surface area contributed by atoms with Crippen molar-refractivity contribution < 1.29 is 5.11 Å². The summed E-state index contributed by atoms with van der Waals surface area (Å²) in [6, 6.07) is 0.167. The molecule has 0 radical (unpaired) electrons. The number of aliphatic hydroxyl groups is 1. The summed E-state index contributed by atoms with van der Waals surface area (Å²) >= 11 is 0. The number of hydrogen-bond donors (Lipinski definition) is 2. The van der Waals surface area contributed by atoms with Crippen molar-refractivity contribution in [1.82, 2.24) is 29.5 Å². The van der Waals surface area contributed by atoms with E-state index in [1.54, 1.807) is 21.8 Å². The van der Waals surface area contributed by atoms with Gasteiger partial charge in [0.25, 0.3) is 0 Å². The minimum Gasteiger partial charge on any atom is -0.388 e. The van der Waals surface area contributed by atoms with Crippen LogP contribution in [0.15, 0.2) is 18.6 Å². The fourth-order valence-electron chi connectivity index (χ4n) is 3.51. The van der Waals surface area contributed by atoms with Gasteiger partial charge in [0, 0.05) is 38.4 Å². The number of aromatic nitrogens is 6. The third kappa shape index (κ3) is 2.80. The molecule has 1 aliphatic rings. The Morgan fingerprint density at radius 1 is 1.28 bits per heavy atom. The van der Waals surface area contributed by atoms with Crippen LogP contribution in [0.5, 0.6) is 0 Å². The summed E-state index contributed by atoms with van der Waals surface area (Å²) in [5.41, 5.74) is 7.64. The Hall–Kier alpha value is -2.68. The van der Waals surface area contributed by atoms with E-state index in [1.165, 1.54) is 0 Å². The van der Waals surface area contributed by atoms with Crippen LogP contribution in [0.1, 0.15) is 30.9 Å². The summed E-state index contributed by atoms with van der Waals surface area (Å²) in [7, 11) is 3.68. The maximum Gasteiger partial charge on any atom is 0.229 e. The average Bonchev–Trinajstić information content (AvgIpc) is 3.29. The van der Waals surface area contributed by atoms with Gasteiger partial charge in [0.15, 0.2) is 5.65 Å². The van der Waals surface area contributed by atoms with E-state index in [9.17, 15) is 5.11 Å². The molecule has 4 rings (SSSR count). The highest BCUT2D eigenvalue weighted by atomic mass is 16.3. The number of nitrogens with zero attached hydrogens (tertiary/aromatic N) is 7. The lowest BCUT2D eigenvalue weighted by Gasteiger charge is -2.26. The zero-order valence-electron chi connectivity index (χ0n) is 14.4. The molecule has 2 atom stereocenters. The van der Waals surface area contributed by atoms with Crippen LogP contribution in [0.3, 0.4) is 0 Å². The van der Waals surface area contributed by atoms with Gasteiger partial charge < -0.3 is 15.7 Å². The van der Waals surface area contributed by atoms with Gasteiger partial charge in [-0.05, 0) is 19.3 Å². The number of anilines is 2. The van der Waals surface area contributed by atoms with Gasteiger partial charge in [-0.2, -0.15) is 20.2 Å². The lowest BCUT2D eigenvalue weighted by Crippen LogP contribution is -2.32. The van der Waals surface area contributed by atoms with Crippen molar-refractivity contribution in [3.63, 3.8) is 0 Å². The maximum absolute atomic E-state index is 10.5. The predicted octanol–water partition coefficient (Wildman–Crippen LogP) is 0.771. The summed E-state index contributed by atoms with van der Waals surface area (Å²) < 4.78 is 3.40. The van der Waals surface area contributed by atoms with Gasteiger partial charge in [-0.3, -0.25) is 9.36 Å². The summed E-state index contributed by atoms with van der Waals surface area (Å²) in [6.07, 6.45) is 7.32. The Balaban J connectivity index is 1.60. The van der Waals surface area contributed by atoms with Gasteiger partial charge in [0.2, 0.25) is 5.95 Å². The molecule has 0 spiro atoms. The van der Waals surface area contributed by atoms with Gasteiger partial charge >= 0.3 is 0 Å². The monoisotopic (exact) mass is 342 g/mol. The van der Waals surface area contributed by atoms with E-state index in [2.05, 4.69) is 25.1 Å². The van der Waals surface area contributed by atoms with E-state index in [-0.39, 0.29) is 6.04 Å². The molecule has 3 aromatic heterocycles. The zero-order chi connectivity index (χ0) is 17.6. The van der Waals surface area contributed by atoms with E-state index in [4.69, 9.17) is 5.73 Å². The van der Waals surface area contributed by atoms with Crippen LogP contribution < -0.4 is 10.6 Å². The molecule has 1 aliphatic heterocycles. The number of hydrogen-bond acceptors (Lipinski definition) is 7. The van der Waals surface area contributed by atoms with Crippen LogP contribution >= 0.6 is 0 Å². The molecular formula is C16H22N8O. The molecule has 0 amide bonds. The molecule has 9 heteroatoms. The first-order valence-electron chi connectivity index (χ1n) is 8.41. The van der Waals surface area contributed by atoms with Crippen LogP contribution in [0, 0.1) is 0 Å². The molecule has 4 heterocycles. The van der Waals surface area contributed by atoms with Crippen molar-refractivity contribution in [2.45, 2.75) is 31.4 Å². The molecule has 0 bridgehead atoms. The average molecular weight is 342 g/mol. The SMILES string of the molecule is Cn1cc([C@@H](O)C[C@H]2CCCN2c2nc(N)c3cnn(C)c3n2)cn1. The molecule has 3 N–H and O–H groups in total. The molecule has 0 aliphatic carbocycles. The third-order valence-corrected chi connectivity index (χ3v) is 4.85. The minimum atomic E-state index is -0.558. The molecule has 0 saturated carbocycles. The van der Waals surface area contributed by atoms with Gasteiger partial charge in [0.1, 0.15) is 5.82 Å². The number of fused-ring (bicyclic) bond motifs is 1. The smallest absolute Gasteiger partial charge is 0.229 e. The maximum atomic E-state index is 10.5. The number of aryl methyl sites for hydroxylation is 2. The standard InChI is InChI=1S/C16H22N8O/c1-22-9-10(7-18-22)13(25)6-11-4-3-5-24(11)16-20-14(17)12-8-19-23(2)15(12)21-16/h7-9,11,13,25H,3-6H2,1-2H3,(H2,17,20,21)/t11-,13+/m1/s1. The van der Waals surface area contributed by atoms with E-state index in [1.807, 2.05) is 20.3 Å². The largest absolute Gasteiger partial charge is 0.388 e. The van der Waals surface area contributed by atoms with Gasteiger partial charge in [0.05, 0.1) is 23.9 Å². The van der Waals surface area contributed by atoms with Gasteiger partial charge in [-0.1, -0.05) is 0 Å². The van der Waals surface area contributed by atoms with Crippen molar-refractivity contribution in [3.05, 3.63) is 24.2 Å². The molecule has 25 heavy (non-hydrogen) atoms. The Kier molecular flexibility index (Phi) is 3.79. The third-order valence-electron chi connectivity index (χ3n) is 4.85. The lowest BCUT2D eigenvalue weighted by atomic mass is 10.0. The van der Waals surface area contributed by atoms with Gasteiger partial charge in [-0.25, -0.2) is 0 Å². The first kappa shape index (κ1) is 15.8. The Morgan fingerprint density at radius 3 is 2.88 bits per heavy atom. The lowest BCUT2D eigenvalue weighted by molar-refractivity contribution is 0.158. The summed E-state index contributed by atoms with van der Waals surface area (Å²) in [6.45, 7) is 0.854. The quantitative estimate of drug-likeness (QED) is 0.720. The van der Waals surface area contributed by atoms with Crippen molar-refractivity contribution in [3.8, 4) is 0 Å². The normalized spacial score (nSPS) is 19.0. The summed E-state index contributed by atoms with van der Waals surface area (Å²) in [4.78, 5) is 11.3. The molecule has 0 aromatic carbocycles. The summed E-state index contributed by atoms with van der Waals surface area (Å²) in [5.74, 6) is 1.04. The van der Waals surface area contributed by atoms with Crippen LogP contribution in [0.25, 0.3) is 11.0 Å². The fraction of sp³-hybridized carbons (Fsp3) is 0.500. The highest BCUT2D eigenvalue weighted by Gasteiger charge is 2.30. The number of aliphatic hydroxyl groups excluding tert-OH is 1. The minimum absolute atomic E-state index is 0.167. The first-order chi connectivity index (χ1) is 12.0. The Labute approximate surface area is 145 Å². The number of nitrogens with two attached hydrogens (primary N) is 1. The second-order valence-corrected chi connectivity index (χ2v) is 6.60. The first-order valence-corrected chi connectivity index (χ1v) is 8.41. The van der Waals surface area contributed by atoms with Crippen molar-refractivity contribution in [2.24, 2.45) is 14.1 Å². The van der Waals surface area contributed by atoms with E-state index >= 15 is 0 Å². The highest BCUT2D eigenvalue weighted by molar-refractivity contribution is 5.86. The van der Waals surface area contributed by atoms with E-state index in [0.29, 0.717) is 18.2 Å². The predicted molar refractivity (Wildman–Crippen MR) is 93.9 cm³/mol. The molecular weight excluding hydrogens is 320 g/mol. The van der Waals surface area contributed by atoms with Gasteiger partial charge in [-0.15, -0.1) is 0 Å². The van der Waals surface area contributed by atoms with E-state index < -0.39 is 6.10 Å². The molecule has 9 nitrogen and oxygen atoms in total. The van der Waals surface area contributed by atoms with Crippen molar-refractivity contribution in [1.29, 1.82) is 0 Å². The molecule has 132 valence electrons. The topological polar surface area (TPSA) is 111 Å². The van der Waals surface area contributed by atoms with Crippen LogP contribution in [-0.4, -0.2) is 47.2 Å². The molecule has 1 fully saturated rings. The van der Waals surface area contributed by atoms with Crippen LogP contribution in [-0.2, 0) is 14.1 Å². The van der Waals surface area contributed by atoms with Crippen molar-refractivity contribution >= 4 is 22.8 Å². The summed E-state index contributed by atoms with van der Waals surface area (Å²) in [5, 5.41) is 19.6. The van der Waals surface area contributed by atoms with Crippen LogP contribution in [0.4, 0.5) is 11.8 Å². The van der Waals surface area contributed by atoms with E-state index in [0.717, 1.165) is 36.0 Å². The Bertz CT molecular complexity index is 901. The second kappa shape index (κ2) is 5.99. The number of rotatable bonds is 4. The Morgan fingerprint density at radius 2 is 2.12 bits per heavy atom. The second-order valence-electron chi connectivity index (χ2n) is 6.60.